The highest BCUT2D eigenvalue weighted by atomic mass is 16.5. The summed E-state index contributed by atoms with van der Waals surface area (Å²) in [7, 11) is 0. The quantitative estimate of drug-likeness (QED) is 0.470. The Kier molecular flexibility index (Phi) is 3.11. The van der Waals surface area contributed by atoms with Crippen LogP contribution in [0.4, 0.5) is 5.82 Å². The Bertz CT molecular complexity index is 679. The number of ether oxygens (including phenoxy) is 1. The first-order valence-electron chi connectivity index (χ1n) is 5.98. The van der Waals surface area contributed by atoms with Crippen LogP contribution in [0.25, 0.3) is 21.5 Å². The first-order valence-corrected chi connectivity index (χ1v) is 5.98. The molecule has 10 nitrogen and oxygen atoms in total. The highest BCUT2D eigenvalue weighted by Gasteiger charge is 2.36. The van der Waals surface area contributed by atoms with E-state index in [1.807, 2.05) is 0 Å². The molecule has 0 saturated carbocycles. The minimum atomic E-state index is -0.547. The number of fused-ring (bicyclic) bond motifs is 1. The van der Waals surface area contributed by atoms with Crippen LogP contribution in [0.5, 0.6) is 0 Å². The first kappa shape index (κ1) is 12.6. The lowest BCUT2D eigenvalue weighted by atomic mass is 10.1. The van der Waals surface area contributed by atoms with Gasteiger partial charge in [-0.15, -0.1) is 0 Å². The summed E-state index contributed by atoms with van der Waals surface area (Å²) < 4.78 is 7.21. The zero-order valence-corrected chi connectivity index (χ0v) is 10.4. The number of hydrogen-bond donors (Lipinski definition) is 2. The molecule has 20 heavy (non-hydrogen) atoms. The summed E-state index contributed by atoms with van der Waals surface area (Å²) in [5.74, 6) is 0.338. The van der Waals surface area contributed by atoms with Crippen LogP contribution in [0.3, 0.4) is 0 Å². The number of aliphatic hydroxyl groups is 1. The van der Waals surface area contributed by atoms with Crippen molar-refractivity contribution in [1.29, 1.82) is 0 Å². The van der Waals surface area contributed by atoms with Crippen LogP contribution in [0, 0.1) is 0 Å². The second-order valence-electron chi connectivity index (χ2n) is 4.41. The van der Waals surface area contributed by atoms with E-state index >= 15 is 0 Å². The maximum Gasteiger partial charge on any atom is 0.165 e. The van der Waals surface area contributed by atoms with Gasteiger partial charge < -0.3 is 15.6 Å². The molecular formula is C10H12N8O2. The first-order chi connectivity index (χ1) is 9.74. The molecule has 3 rings (SSSR count). The van der Waals surface area contributed by atoms with Gasteiger partial charge in [0, 0.05) is 11.3 Å². The molecule has 0 spiro atoms. The molecule has 0 bridgehead atoms. The Hall–Kier alpha value is -2.42. The molecule has 2 aromatic rings. The van der Waals surface area contributed by atoms with Crippen LogP contribution in [-0.4, -0.2) is 43.6 Å². The molecule has 1 aliphatic heterocycles. The molecule has 10 heteroatoms. The van der Waals surface area contributed by atoms with Crippen molar-refractivity contribution in [1.82, 2.24) is 19.7 Å². The lowest BCUT2D eigenvalue weighted by molar-refractivity contribution is -0.0286. The Labute approximate surface area is 112 Å². The van der Waals surface area contributed by atoms with Crippen molar-refractivity contribution in [3.8, 4) is 0 Å². The van der Waals surface area contributed by atoms with Gasteiger partial charge in [-0.05, 0) is 5.53 Å². The van der Waals surface area contributed by atoms with E-state index in [1.165, 1.54) is 6.33 Å². The van der Waals surface area contributed by atoms with Gasteiger partial charge in [-0.2, -0.15) is 5.10 Å². The average Bonchev–Trinajstić information content (AvgIpc) is 3.03. The number of rotatable bonds is 3. The predicted octanol–water partition coefficient (Wildman–Crippen LogP) is 0.367. The summed E-state index contributed by atoms with van der Waals surface area (Å²) in [6.45, 7) is -0.226. The third-order valence-corrected chi connectivity index (χ3v) is 3.28. The van der Waals surface area contributed by atoms with E-state index in [1.54, 1.807) is 10.9 Å². The fourth-order valence-corrected chi connectivity index (χ4v) is 2.31. The Morgan fingerprint density at radius 1 is 1.60 bits per heavy atom. The summed E-state index contributed by atoms with van der Waals surface area (Å²) in [6.07, 6.45) is 2.31. The fraction of sp³-hybridized carbons (Fsp3) is 0.500. The number of nitrogen functional groups attached to an aromatic ring is 1. The number of nitrogens with two attached hydrogens (primary N) is 1. The van der Waals surface area contributed by atoms with Gasteiger partial charge in [-0.3, -0.25) is 0 Å². The molecular weight excluding hydrogens is 264 g/mol. The third-order valence-electron chi connectivity index (χ3n) is 3.28. The normalized spacial score (nSPS) is 25.8. The number of aromatic nitrogens is 4. The Morgan fingerprint density at radius 3 is 3.20 bits per heavy atom. The van der Waals surface area contributed by atoms with Gasteiger partial charge in [-0.25, -0.2) is 14.6 Å². The zero-order valence-electron chi connectivity index (χ0n) is 10.4. The summed E-state index contributed by atoms with van der Waals surface area (Å²) in [5.41, 5.74) is 14.8. The van der Waals surface area contributed by atoms with Crippen LogP contribution < -0.4 is 5.73 Å². The van der Waals surface area contributed by atoms with Crippen molar-refractivity contribution in [2.45, 2.75) is 24.8 Å². The van der Waals surface area contributed by atoms with Crippen molar-refractivity contribution < 1.29 is 9.84 Å². The van der Waals surface area contributed by atoms with Crippen molar-refractivity contribution in [2.75, 3.05) is 12.3 Å². The number of aliphatic hydroxyl groups excluding tert-OH is 1. The smallest absolute Gasteiger partial charge is 0.165 e. The Morgan fingerprint density at radius 2 is 2.45 bits per heavy atom. The topological polar surface area (TPSA) is 148 Å². The summed E-state index contributed by atoms with van der Waals surface area (Å²) in [6, 6.07) is -0.437. The van der Waals surface area contributed by atoms with Crippen molar-refractivity contribution in [3.63, 3.8) is 0 Å². The van der Waals surface area contributed by atoms with Gasteiger partial charge in [0.25, 0.3) is 0 Å². The predicted molar refractivity (Wildman–Crippen MR) is 68.3 cm³/mol. The van der Waals surface area contributed by atoms with Crippen molar-refractivity contribution in [2.24, 2.45) is 5.11 Å². The average molecular weight is 276 g/mol. The van der Waals surface area contributed by atoms with E-state index in [0.717, 1.165) is 0 Å². The largest absolute Gasteiger partial charge is 0.394 e. The van der Waals surface area contributed by atoms with Gasteiger partial charge in [-0.1, -0.05) is 5.11 Å². The van der Waals surface area contributed by atoms with Crippen LogP contribution in [0.2, 0.25) is 0 Å². The fourth-order valence-electron chi connectivity index (χ4n) is 2.31. The van der Waals surface area contributed by atoms with Gasteiger partial charge in [0.05, 0.1) is 30.3 Å². The van der Waals surface area contributed by atoms with Gasteiger partial charge in [0.15, 0.2) is 11.9 Å². The Balaban J connectivity index is 1.96. The van der Waals surface area contributed by atoms with Crippen LogP contribution in [-0.2, 0) is 4.74 Å². The standard InChI is InChI=1S/C10H12N8O2/c11-9-5-2-15-18(10(5)14-4-13-9)8-1-6(16-17-12)7(3-19)20-8/h2,4,6-8,19H,1,3H2,(H2,11,13,14)/t6-,7-,8-/m1/s1. The molecule has 3 heterocycles. The summed E-state index contributed by atoms with van der Waals surface area (Å²) >= 11 is 0. The molecule has 0 aromatic carbocycles. The van der Waals surface area contributed by atoms with E-state index in [9.17, 15) is 5.11 Å². The third kappa shape index (κ3) is 1.92. The van der Waals surface area contributed by atoms with Crippen LogP contribution in [0.1, 0.15) is 12.6 Å². The molecule has 104 valence electrons. The van der Waals surface area contributed by atoms with E-state index in [2.05, 4.69) is 25.1 Å². The highest BCUT2D eigenvalue weighted by Crippen LogP contribution is 2.32. The van der Waals surface area contributed by atoms with Gasteiger partial charge in [0.2, 0.25) is 0 Å². The maximum absolute atomic E-state index is 9.25. The van der Waals surface area contributed by atoms with E-state index in [0.29, 0.717) is 23.3 Å². The van der Waals surface area contributed by atoms with Crippen LogP contribution in [0.15, 0.2) is 17.6 Å². The number of anilines is 1. The lowest BCUT2D eigenvalue weighted by Gasteiger charge is -2.13. The molecule has 1 saturated heterocycles. The monoisotopic (exact) mass is 276 g/mol. The molecule has 3 N–H and O–H groups in total. The van der Waals surface area contributed by atoms with E-state index in [-0.39, 0.29) is 6.61 Å². The van der Waals surface area contributed by atoms with Crippen LogP contribution >= 0.6 is 0 Å². The second kappa shape index (κ2) is 4.93. The molecule has 2 aromatic heterocycles. The molecule has 3 atom stereocenters. The van der Waals surface area contributed by atoms with Crippen molar-refractivity contribution >= 4 is 16.9 Å². The lowest BCUT2D eigenvalue weighted by Crippen LogP contribution is -2.23. The van der Waals surface area contributed by atoms with Gasteiger partial charge >= 0.3 is 0 Å². The minimum Gasteiger partial charge on any atom is -0.394 e. The zero-order chi connectivity index (χ0) is 14.1. The minimum absolute atomic E-state index is 0.226. The SMILES string of the molecule is [N-]=[N+]=N[C@@H]1C[C@H](n2ncc3c(N)ncnc32)O[C@@H]1CO. The molecule has 1 fully saturated rings. The number of nitrogens with zero attached hydrogens (tertiary/aromatic N) is 7. The summed E-state index contributed by atoms with van der Waals surface area (Å²) in [4.78, 5) is 10.8. The molecule has 0 aliphatic carbocycles. The van der Waals surface area contributed by atoms with E-state index in [4.69, 9.17) is 16.0 Å². The molecule has 0 radical (unpaired) electrons. The van der Waals surface area contributed by atoms with Gasteiger partial charge in [0.1, 0.15) is 12.1 Å². The molecule has 0 unspecified atom stereocenters. The number of azide groups is 1. The number of hydrogen-bond acceptors (Lipinski definition) is 7. The van der Waals surface area contributed by atoms with E-state index < -0.39 is 18.4 Å². The maximum atomic E-state index is 9.25. The molecule has 0 amide bonds. The highest BCUT2D eigenvalue weighted by molar-refractivity contribution is 5.84. The van der Waals surface area contributed by atoms with Crippen molar-refractivity contribution in [3.05, 3.63) is 23.0 Å². The molecule has 1 aliphatic rings. The summed E-state index contributed by atoms with van der Waals surface area (Å²) in [5, 5.41) is 17.7. The second-order valence-corrected chi connectivity index (χ2v) is 4.41.